The van der Waals surface area contributed by atoms with Gasteiger partial charge in [-0.1, -0.05) is 5.21 Å². The van der Waals surface area contributed by atoms with Gasteiger partial charge in [-0.25, -0.2) is 15.1 Å². The predicted molar refractivity (Wildman–Crippen MR) is 124 cm³/mol. The van der Waals surface area contributed by atoms with Gasteiger partial charge in [0.05, 0.1) is 24.5 Å². The zero-order chi connectivity index (χ0) is 24.1. The Labute approximate surface area is 198 Å². The number of benzene rings is 1. The van der Waals surface area contributed by atoms with Crippen LogP contribution in [-0.2, 0) is 12.7 Å². The number of hydrazone groups is 1. The van der Waals surface area contributed by atoms with Gasteiger partial charge in [0.2, 0.25) is 0 Å². The van der Waals surface area contributed by atoms with E-state index in [4.69, 9.17) is 0 Å². The third-order valence-corrected chi connectivity index (χ3v) is 6.06. The normalized spacial score (nSPS) is 14.5. The molecule has 1 saturated heterocycles. The van der Waals surface area contributed by atoms with Crippen LogP contribution in [0.2, 0.25) is 0 Å². The summed E-state index contributed by atoms with van der Waals surface area (Å²) in [4.78, 5) is 19.0. The SMILES string of the molecule is Cc1cnc(N2CCSCC2)c(Cn2cc(/C=N/NC(=O)c3ccc(C(F)(F)F)cc3)nn2)c1. The summed E-state index contributed by atoms with van der Waals surface area (Å²) in [7, 11) is 0. The van der Waals surface area contributed by atoms with Crippen molar-refractivity contribution in [3.8, 4) is 0 Å². The molecule has 0 atom stereocenters. The van der Waals surface area contributed by atoms with E-state index in [0.717, 1.165) is 65.8 Å². The van der Waals surface area contributed by atoms with Gasteiger partial charge >= 0.3 is 6.18 Å². The van der Waals surface area contributed by atoms with Crippen LogP contribution < -0.4 is 10.3 Å². The zero-order valence-corrected chi connectivity index (χ0v) is 19.1. The summed E-state index contributed by atoms with van der Waals surface area (Å²) in [5, 5.41) is 12.0. The molecule has 1 amide bonds. The summed E-state index contributed by atoms with van der Waals surface area (Å²) in [6, 6.07) is 5.98. The maximum Gasteiger partial charge on any atom is 0.416 e. The molecular formula is C22H22F3N7OS. The average molecular weight is 490 g/mol. The van der Waals surface area contributed by atoms with Crippen molar-refractivity contribution in [3.63, 3.8) is 0 Å². The molecule has 1 aliphatic rings. The lowest BCUT2D eigenvalue weighted by molar-refractivity contribution is -0.137. The van der Waals surface area contributed by atoms with Crippen molar-refractivity contribution >= 4 is 29.7 Å². The molecule has 1 N–H and O–H groups in total. The van der Waals surface area contributed by atoms with Crippen molar-refractivity contribution in [1.29, 1.82) is 0 Å². The minimum atomic E-state index is -4.46. The van der Waals surface area contributed by atoms with Gasteiger partial charge in [0.25, 0.3) is 5.91 Å². The lowest BCUT2D eigenvalue weighted by Gasteiger charge is -2.29. The molecule has 3 aromatic rings. The van der Waals surface area contributed by atoms with E-state index in [-0.39, 0.29) is 5.56 Å². The molecule has 12 heteroatoms. The van der Waals surface area contributed by atoms with Crippen molar-refractivity contribution in [2.24, 2.45) is 5.10 Å². The first-order valence-corrected chi connectivity index (χ1v) is 11.6. The van der Waals surface area contributed by atoms with Crippen LogP contribution in [0.3, 0.4) is 0 Å². The molecule has 34 heavy (non-hydrogen) atoms. The van der Waals surface area contributed by atoms with Gasteiger partial charge in [-0.2, -0.15) is 30.0 Å². The molecule has 3 heterocycles. The smallest absolute Gasteiger partial charge is 0.355 e. The van der Waals surface area contributed by atoms with Crippen LogP contribution in [0.25, 0.3) is 0 Å². The highest BCUT2D eigenvalue weighted by Gasteiger charge is 2.30. The van der Waals surface area contributed by atoms with E-state index in [2.05, 4.69) is 36.8 Å². The number of aryl methyl sites for hydroxylation is 1. The van der Waals surface area contributed by atoms with Crippen molar-refractivity contribution in [1.82, 2.24) is 25.4 Å². The second-order valence-electron chi connectivity index (χ2n) is 7.71. The molecule has 1 aromatic carbocycles. The molecule has 1 aliphatic heterocycles. The number of aromatic nitrogens is 4. The Bertz CT molecular complexity index is 1170. The van der Waals surface area contributed by atoms with Gasteiger partial charge in [0, 0.05) is 41.9 Å². The van der Waals surface area contributed by atoms with E-state index in [1.54, 1.807) is 10.9 Å². The summed E-state index contributed by atoms with van der Waals surface area (Å²) in [5.41, 5.74) is 4.03. The van der Waals surface area contributed by atoms with Crippen molar-refractivity contribution < 1.29 is 18.0 Å². The molecule has 8 nitrogen and oxygen atoms in total. The van der Waals surface area contributed by atoms with E-state index in [0.29, 0.717) is 12.2 Å². The number of carbonyl (C=O) groups is 1. The summed E-state index contributed by atoms with van der Waals surface area (Å²) in [6.07, 6.45) is 0.412. The predicted octanol–water partition coefficient (Wildman–Crippen LogP) is 3.37. The number of hydrogen-bond donors (Lipinski definition) is 1. The molecule has 0 aliphatic carbocycles. The van der Waals surface area contributed by atoms with Crippen LogP contribution in [0.4, 0.5) is 19.0 Å². The molecule has 0 spiro atoms. The number of anilines is 1. The summed E-state index contributed by atoms with van der Waals surface area (Å²) in [6.45, 7) is 4.36. The number of halogens is 3. The van der Waals surface area contributed by atoms with Crippen LogP contribution in [0.5, 0.6) is 0 Å². The quantitative estimate of drug-likeness (QED) is 0.422. The monoisotopic (exact) mass is 489 g/mol. The Balaban J connectivity index is 1.38. The highest BCUT2D eigenvalue weighted by Crippen LogP contribution is 2.29. The highest BCUT2D eigenvalue weighted by atomic mass is 32.2. The molecule has 0 saturated carbocycles. The van der Waals surface area contributed by atoms with E-state index < -0.39 is 17.6 Å². The summed E-state index contributed by atoms with van der Waals surface area (Å²) < 4.78 is 39.6. The maximum atomic E-state index is 12.6. The molecule has 0 radical (unpaired) electrons. The zero-order valence-electron chi connectivity index (χ0n) is 18.3. The van der Waals surface area contributed by atoms with Gasteiger partial charge < -0.3 is 4.90 Å². The van der Waals surface area contributed by atoms with Crippen LogP contribution in [-0.4, -0.2) is 56.7 Å². The minimum absolute atomic E-state index is 0.0596. The fraction of sp³-hybridized carbons (Fsp3) is 0.318. The first-order chi connectivity index (χ1) is 16.3. The number of rotatable bonds is 6. The second kappa shape index (κ2) is 10.2. The standard InChI is InChI=1S/C22H22F3N7OS/c1-15-10-17(20(26-11-15)31-6-8-34-9-7-31)13-32-14-19(28-30-32)12-27-29-21(33)16-2-4-18(5-3-16)22(23,24)25/h2-5,10-12,14H,6-9,13H2,1H3,(H,29,33)/b27-12+. The molecule has 2 aromatic heterocycles. The third kappa shape index (κ3) is 5.93. The Morgan fingerprint density at radius 3 is 2.68 bits per heavy atom. The molecule has 0 bridgehead atoms. The number of amides is 1. The Morgan fingerprint density at radius 1 is 1.24 bits per heavy atom. The maximum absolute atomic E-state index is 12.6. The molecule has 1 fully saturated rings. The number of alkyl halides is 3. The van der Waals surface area contributed by atoms with Crippen molar-refractivity contribution in [2.75, 3.05) is 29.5 Å². The molecule has 178 valence electrons. The number of pyridine rings is 1. The fourth-order valence-electron chi connectivity index (χ4n) is 3.46. The first-order valence-electron chi connectivity index (χ1n) is 10.5. The number of carbonyl (C=O) groups excluding carboxylic acids is 1. The van der Waals surface area contributed by atoms with Gasteiger partial charge in [-0.05, 0) is 42.8 Å². The Kier molecular flexibility index (Phi) is 7.15. The lowest BCUT2D eigenvalue weighted by Crippen LogP contribution is -2.34. The second-order valence-corrected chi connectivity index (χ2v) is 8.93. The largest absolute Gasteiger partial charge is 0.416 e. The average Bonchev–Trinajstić information content (AvgIpc) is 3.26. The van der Waals surface area contributed by atoms with Crippen molar-refractivity contribution in [3.05, 3.63) is 70.7 Å². The highest BCUT2D eigenvalue weighted by molar-refractivity contribution is 7.99. The first kappa shape index (κ1) is 23.7. The van der Waals surface area contributed by atoms with E-state index >= 15 is 0 Å². The van der Waals surface area contributed by atoms with E-state index in [1.807, 2.05) is 24.9 Å². The van der Waals surface area contributed by atoms with Crippen LogP contribution in [0, 0.1) is 6.92 Å². The molecule has 4 rings (SSSR count). The Morgan fingerprint density at radius 2 is 1.97 bits per heavy atom. The lowest BCUT2D eigenvalue weighted by atomic mass is 10.1. The number of hydrogen-bond acceptors (Lipinski definition) is 7. The summed E-state index contributed by atoms with van der Waals surface area (Å²) in [5.74, 6) is 2.45. The van der Waals surface area contributed by atoms with E-state index in [1.165, 1.54) is 6.21 Å². The minimum Gasteiger partial charge on any atom is -0.355 e. The molecular weight excluding hydrogens is 467 g/mol. The number of nitrogens with one attached hydrogen (secondary N) is 1. The third-order valence-electron chi connectivity index (χ3n) is 5.12. The summed E-state index contributed by atoms with van der Waals surface area (Å²) >= 11 is 1.93. The fourth-order valence-corrected chi connectivity index (χ4v) is 4.36. The van der Waals surface area contributed by atoms with Crippen molar-refractivity contribution in [2.45, 2.75) is 19.6 Å². The van der Waals surface area contributed by atoms with Gasteiger partial charge in [-0.3, -0.25) is 4.79 Å². The van der Waals surface area contributed by atoms with Crippen LogP contribution >= 0.6 is 11.8 Å². The Hall–Kier alpha value is -3.41. The number of thioether (sulfide) groups is 1. The number of nitrogens with zero attached hydrogens (tertiary/aromatic N) is 6. The van der Waals surface area contributed by atoms with Gasteiger partial charge in [0.1, 0.15) is 11.5 Å². The van der Waals surface area contributed by atoms with Gasteiger partial charge in [-0.15, -0.1) is 5.10 Å². The topological polar surface area (TPSA) is 88.3 Å². The molecule has 0 unspecified atom stereocenters. The van der Waals surface area contributed by atoms with Crippen LogP contribution in [0.1, 0.15) is 32.7 Å². The van der Waals surface area contributed by atoms with E-state index in [9.17, 15) is 18.0 Å². The van der Waals surface area contributed by atoms with Gasteiger partial charge in [0.15, 0.2) is 0 Å². The van der Waals surface area contributed by atoms with Crippen LogP contribution in [0.15, 0.2) is 47.8 Å².